The second-order valence-electron chi connectivity index (χ2n) is 8.13. The lowest BCUT2D eigenvalue weighted by Crippen LogP contribution is -2.55. The summed E-state index contributed by atoms with van der Waals surface area (Å²) in [6.45, 7) is 6.37. The van der Waals surface area contributed by atoms with Gasteiger partial charge in [0.25, 0.3) is 0 Å². The van der Waals surface area contributed by atoms with E-state index in [9.17, 15) is 13.2 Å². The van der Waals surface area contributed by atoms with Crippen LogP contribution in [-0.2, 0) is 14.8 Å². The fourth-order valence-corrected chi connectivity index (χ4v) is 5.40. The zero-order chi connectivity index (χ0) is 18.9. The Hall–Kier alpha value is -1.15. The van der Waals surface area contributed by atoms with E-state index in [-0.39, 0.29) is 35.7 Å². The van der Waals surface area contributed by atoms with Gasteiger partial charge in [-0.05, 0) is 36.8 Å². The van der Waals surface area contributed by atoms with Crippen molar-refractivity contribution in [1.82, 2.24) is 9.21 Å². The van der Waals surface area contributed by atoms with Crippen molar-refractivity contribution in [3.63, 3.8) is 0 Å². The van der Waals surface area contributed by atoms with Crippen molar-refractivity contribution in [2.45, 2.75) is 44.0 Å². The van der Waals surface area contributed by atoms with Gasteiger partial charge in [0.1, 0.15) is 0 Å². The zero-order valence-electron chi connectivity index (χ0n) is 16.0. The molecule has 2 saturated heterocycles. The highest BCUT2D eigenvalue weighted by Gasteiger charge is 2.39. The van der Waals surface area contributed by atoms with E-state index in [0.29, 0.717) is 43.9 Å². The SMILES string of the molecule is CC1(C)CN(C(=O)C2CCN(S(=O)(=O)c3ccccc3)CC2)CCC1N.Cl. The van der Waals surface area contributed by atoms with Crippen molar-refractivity contribution < 1.29 is 13.2 Å². The molecular formula is C19H30ClN3O3S. The van der Waals surface area contributed by atoms with Crippen LogP contribution in [0.4, 0.5) is 0 Å². The first-order valence-corrected chi connectivity index (χ1v) is 10.8. The number of nitrogens with two attached hydrogens (primary N) is 1. The molecule has 0 aromatic heterocycles. The molecule has 2 aliphatic rings. The molecule has 8 heteroatoms. The molecule has 0 radical (unpaired) electrons. The number of rotatable bonds is 3. The lowest BCUT2D eigenvalue weighted by Gasteiger charge is -2.44. The largest absolute Gasteiger partial charge is 0.342 e. The predicted molar refractivity (Wildman–Crippen MR) is 108 cm³/mol. The van der Waals surface area contributed by atoms with Crippen LogP contribution >= 0.6 is 12.4 Å². The Morgan fingerprint density at radius 3 is 2.22 bits per heavy atom. The van der Waals surface area contributed by atoms with Gasteiger partial charge >= 0.3 is 0 Å². The summed E-state index contributed by atoms with van der Waals surface area (Å²) in [5, 5.41) is 0. The summed E-state index contributed by atoms with van der Waals surface area (Å²) in [6, 6.07) is 8.61. The molecule has 3 rings (SSSR count). The maximum Gasteiger partial charge on any atom is 0.243 e. The summed E-state index contributed by atoms with van der Waals surface area (Å²) in [7, 11) is -3.47. The van der Waals surface area contributed by atoms with E-state index in [4.69, 9.17) is 5.73 Å². The molecule has 0 aliphatic carbocycles. The van der Waals surface area contributed by atoms with Gasteiger partial charge in [-0.15, -0.1) is 12.4 Å². The van der Waals surface area contributed by atoms with E-state index in [0.717, 1.165) is 6.42 Å². The van der Waals surface area contributed by atoms with E-state index < -0.39 is 10.0 Å². The van der Waals surface area contributed by atoms with Gasteiger partial charge in [-0.1, -0.05) is 32.0 Å². The molecule has 2 N–H and O–H groups in total. The lowest BCUT2D eigenvalue weighted by atomic mass is 9.79. The van der Waals surface area contributed by atoms with Gasteiger partial charge in [0, 0.05) is 38.1 Å². The summed E-state index contributed by atoms with van der Waals surface area (Å²) in [6.07, 6.45) is 1.97. The van der Waals surface area contributed by atoms with Crippen molar-refractivity contribution in [2.75, 3.05) is 26.2 Å². The van der Waals surface area contributed by atoms with Gasteiger partial charge in [0.15, 0.2) is 0 Å². The molecule has 2 heterocycles. The number of benzene rings is 1. The van der Waals surface area contributed by atoms with Gasteiger partial charge in [0.05, 0.1) is 4.90 Å². The fraction of sp³-hybridized carbons (Fsp3) is 0.632. The summed E-state index contributed by atoms with van der Waals surface area (Å²) < 4.78 is 26.9. The second kappa shape index (κ2) is 8.47. The molecule has 27 heavy (non-hydrogen) atoms. The Balaban J connectivity index is 0.00000261. The van der Waals surface area contributed by atoms with Gasteiger partial charge in [-0.25, -0.2) is 8.42 Å². The van der Waals surface area contributed by atoms with Crippen LogP contribution in [0.25, 0.3) is 0 Å². The van der Waals surface area contributed by atoms with Gasteiger partial charge < -0.3 is 10.6 Å². The number of halogens is 1. The van der Waals surface area contributed by atoms with E-state index in [1.807, 2.05) is 4.90 Å². The summed E-state index contributed by atoms with van der Waals surface area (Å²) in [5.41, 5.74) is 6.09. The number of piperidine rings is 2. The van der Waals surface area contributed by atoms with E-state index in [2.05, 4.69) is 13.8 Å². The van der Waals surface area contributed by atoms with Crippen molar-refractivity contribution in [3.05, 3.63) is 30.3 Å². The maximum atomic E-state index is 12.9. The molecule has 1 atom stereocenters. The van der Waals surface area contributed by atoms with E-state index in [1.165, 1.54) is 4.31 Å². The van der Waals surface area contributed by atoms with Gasteiger partial charge in [-0.3, -0.25) is 4.79 Å². The van der Waals surface area contributed by atoms with Crippen molar-refractivity contribution in [2.24, 2.45) is 17.1 Å². The van der Waals surface area contributed by atoms with Crippen LogP contribution in [0.2, 0.25) is 0 Å². The highest BCUT2D eigenvalue weighted by molar-refractivity contribution is 7.89. The number of sulfonamides is 1. The molecule has 0 spiro atoms. The number of carbonyl (C=O) groups excluding carboxylic acids is 1. The van der Waals surface area contributed by atoms with Crippen LogP contribution in [0.1, 0.15) is 33.1 Å². The molecule has 152 valence electrons. The summed E-state index contributed by atoms with van der Waals surface area (Å²) in [4.78, 5) is 15.1. The number of nitrogens with zero attached hydrogens (tertiary/aromatic N) is 2. The fourth-order valence-electron chi connectivity index (χ4n) is 3.90. The topological polar surface area (TPSA) is 83.7 Å². The number of carbonyl (C=O) groups is 1. The molecule has 0 bridgehead atoms. The lowest BCUT2D eigenvalue weighted by molar-refractivity contribution is -0.140. The average Bonchev–Trinajstić information content (AvgIpc) is 2.64. The van der Waals surface area contributed by atoms with Crippen LogP contribution in [0, 0.1) is 11.3 Å². The molecular weight excluding hydrogens is 386 g/mol. The first kappa shape index (κ1) is 22.1. The normalized spacial score (nSPS) is 24.3. The third-order valence-electron chi connectivity index (χ3n) is 5.81. The smallest absolute Gasteiger partial charge is 0.243 e. The Bertz CT molecular complexity index is 747. The van der Waals surface area contributed by atoms with E-state index >= 15 is 0 Å². The molecule has 1 amide bonds. The highest BCUT2D eigenvalue weighted by atomic mass is 35.5. The zero-order valence-corrected chi connectivity index (χ0v) is 17.6. The number of likely N-dealkylation sites (tertiary alicyclic amines) is 1. The second-order valence-corrected chi connectivity index (χ2v) is 10.1. The predicted octanol–water partition coefficient (Wildman–Crippen LogP) is 2.09. The van der Waals surface area contributed by atoms with Crippen LogP contribution in [-0.4, -0.2) is 55.8 Å². The number of hydrogen-bond acceptors (Lipinski definition) is 4. The van der Waals surface area contributed by atoms with E-state index in [1.54, 1.807) is 30.3 Å². The summed E-state index contributed by atoms with van der Waals surface area (Å²) in [5.74, 6) is 0.0593. The molecule has 2 fully saturated rings. The molecule has 2 aliphatic heterocycles. The third-order valence-corrected chi connectivity index (χ3v) is 7.72. The van der Waals surface area contributed by atoms with Crippen LogP contribution in [0.5, 0.6) is 0 Å². The Morgan fingerprint density at radius 1 is 1.07 bits per heavy atom. The van der Waals surface area contributed by atoms with Crippen molar-refractivity contribution >= 4 is 28.3 Å². The van der Waals surface area contributed by atoms with Crippen LogP contribution in [0.15, 0.2) is 35.2 Å². The quantitative estimate of drug-likeness (QED) is 0.819. The minimum Gasteiger partial charge on any atom is -0.342 e. The first-order chi connectivity index (χ1) is 12.2. The maximum absolute atomic E-state index is 12.9. The third kappa shape index (κ3) is 4.65. The van der Waals surface area contributed by atoms with Crippen molar-refractivity contribution in [1.29, 1.82) is 0 Å². The number of hydrogen-bond donors (Lipinski definition) is 1. The van der Waals surface area contributed by atoms with Gasteiger partial charge in [-0.2, -0.15) is 4.31 Å². The monoisotopic (exact) mass is 415 g/mol. The Kier molecular flexibility index (Phi) is 6.95. The Labute approximate surface area is 168 Å². The average molecular weight is 416 g/mol. The molecule has 1 aromatic carbocycles. The highest BCUT2D eigenvalue weighted by Crippen LogP contribution is 2.31. The number of amides is 1. The molecule has 1 unspecified atom stereocenters. The molecule has 1 aromatic rings. The molecule has 6 nitrogen and oxygen atoms in total. The first-order valence-electron chi connectivity index (χ1n) is 9.31. The summed E-state index contributed by atoms with van der Waals surface area (Å²) >= 11 is 0. The minimum absolute atomic E-state index is 0. The molecule has 0 saturated carbocycles. The van der Waals surface area contributed by atoms with Crippen LogP contribution < -0.4 is 5.73 Å². The minimum atomic E-state index is -3.47. The Morgan fingerprint density at radius 2 is 1.67 bits per heavy atom. The van der Waals surface area contributed by atoms with Gasteiger partial charge in [0.2, 0.25) is 15.9 Å². The van der Waals surface area contributed by atoms with Crippen molar-refractivity contribution in [3.8, 4) is 0 Å². The van der Waals surface area contributed by atoms with Crippen LogP contribution in [0.3, 0.4) is 0 Å². The standard InChI is InChI=1S/C19H29N3O3S.ClH/c1-19(2)14-21(11-10-17(19)20)18(23)15-8-12-22(13-9-15)26(24,25)16-6-4-3-5-7-16;/h3-7,15,17H,8-14,20H2,1-2H3;1H.